The molecule has 0 radical (unpaired) electrons. The van der Waals surface area contributed by atoms with Crippen molar-refractivity contribution in [1.29, 1.82) is 0 Å². The van der Waals surface area contributed by atoms with E-state index in [1.807, 2.05) is 60.7 Å². The Balaban J connectivity index is 1.96. The van der Waals surface area contributed by atoms with Gasteiger partial charge in [0.2, 0.25) is 5.91 Å². The second kappa shape index (κ2) is 5.29. The standard InChI is InChI=1S/C17H16N2O/c1-19-17(20)15(13-8-4-2-5-9-13)12-16(18-19)14-10-6-3-7-11-14/h2-11,15H,12H2,1H3. The van der Waals surface area contributed by atoms with Crippen molar-refractivity contribution in [3.63, 3.8) is 0 Å². The smallest absolute Gasteiger partial charge is 0.250 e. The Bertz CT molecular complexity index is 635. The van der Waals surface area contributed by atoms with Crippen LogP contribution in [0.3, 0.4) is 0 Å². The summed E-state index contributed by atoms with van der Waals surface area (Å²) in [6, 6.07) is 19.9. The highest BCUT2D eigenvalue weighted by Crippen LogP contribution is 2.28. The summed E-state index contributed by atoms with van der Waals surface area (Å²) in [6.45, 7) is 0. The lowest BCUT2D eigenvalue weighted by Crippen LogP contribution is -2.35. The third-order valence-electron chi connectivity index (χ3n) is 3.59. The lowest BCUT2D eigenvalue weighted by Gasteiger charge is -2.27. The van der Waals surface area contributed by atoms with Crippen LogP contribution in [0.4, 0.5) is 0 Å². The third kappa shape index (κ3) is 2.35. The predicted octanol–water partition coefficient (Wildman–Crippen LogP) is 3.04. The van der Waals surface area contributed by atoms with E-state index in [1.165, 1.54) is 5.01 Å². The van der Waals surface area contributed by atoms with E-state index in [2.05, 4.69) is 5.10 Å². The number of hydrogen-bond acceptors (Lipinski definition) is 2. The molecule has 1 aliphatic heterocycles. The molecule has 1 heterocycles. The first-order valence-corrected chi connectivity index (χ1v) is 6.71. The molecule has 0 N–H and O–H groups in total. The van der Waals surface area contributed by atoms with Crippen molar-refractivity contribution < 1.29 is 4.79 Å². The van der Waals surface area contributed by atoms with Gasteiger partial charge >= 0.3 is 0 Å². The number of hydrazone groups is 1. The van der Waals surface area contributed by atoms with Gasteiger partial charge in [-0.25, -0.2) is 5.01 Å². The molecule has 3 nitrogen and oxygen atoms in total. The van der Waals surface area contributed by atoms with Crippen LogP contribution in [0.25, 0.3) is 0 Å². The Labute approximate surface area is 118 Å². The predicted molar refractivity (Wildman–Crippen MR) is 79.5 cm³/mol. The highest BCUT2D eigenvalue weighted by atomic mass is 16.2. The normalized spacial score (nSPS) is 18.9. The zero-order valence-electron chi connectivity index (χ0n) is 11.4. The van der Waals surface area contributed by atoms with E-state index in [0.29, 0.717) is 6.42 Å². The zero-order valence-corrected chi connectivity index (χ0v) is 11.4. The van der Waals surface area contributed by atoms with Crippen LogP contribution in [0.2, 0.25) is 0 Å². The first kappa shape index (κ1) is 12.6. The van der Waals surface area contributed by atoms with Gasteiger partial charge in [0.15, 0.2) is 0 Å². The van der Waals surface area contributed by atoms with E-state index < -0.39 is 0 Å². The molecule has 0 saturated carbocycles. The van der Waals surface area contributed by atoms with E-state index >= 15 is 0 Å². The molecule has 1 unspecified atom stereocenters. The molecule has 1 atom stereocenters. The van der Waals surface area contributed by atoms with Crippen molar-refractivity contribution in [2.24, 2.45) is 5.10 Å². The lowest BCUT2D eigenvalue weighted by atomic mass is 9.89. The summed E-state index contributed by atoms with van der Waals surface area (Å²) >= 11 is 0. The zero-order chi connectivity index (χ0) is 13.9. The van der Waals surface area contributed by atoms with Gasteiger partial charge in [-0.2, -0.15) is 5.10 Å². The summed E-state index contributed by atoms with van der Waals surface area (Å²) in [5, 5.41) is 5.87. The van der Waals surface area contributed by atoms with Crippen LogP contribution in [0.1, 0.15) is 23.5 Å². The van der Waals surface area contributed by atoms with E-state index in [9.17, 15) is 4.79 Å². The van der Waals surface area contributed by atoms with Crippen LogP contribution in [0.5, 0.6) is 0 Å². The van der Waals surface area contributed by atoms with Gasteiger partial charge in [-0.3, -0.25) is 4.79 Å². The first-order valence-electron chi connectivity index (χ1n) is 6.71. The van der Waals surface area contributed by atoms with Crippen molar-refractivity contribution in [2.75, 3.05) is 7.05 Å². The minimum Gasteiger partial charge on any atom is -0.272 e. The summed E-state index contributed by atoms with van der Waals surface area (Å²) in [6.07, 6.45) is 0.650. The SMILES string of the molecule is CN1N=C(c2ccccc2)CC(c2ccccc2)C1=O. The number of carbonyl (C=O) groups is 1. The van der Waals surface area contributed by atoms with E-state index in [4.69, 9.17) is 0 Å². The number of hydrogen-bond donors (Lipinski definition) is 0. The molecule has 3 rings (SSSR count). The average Bonchev–Trinajstić information content (AvgIpc) is 2.51. The molecule has 100 valence electrons. The highest BCUT2D eigenvalue weighted by Gasteiger charge is 2.30. The van der Waals surface area contributed by atoms with Crippen molar-refractivity contribution in [3.8, 4) is 0 Å². The Morgan fingerprint density at radius 1 is 1.00 bits per heavy atom. The summed E-state index contributed by atoms with van der Waals surface area (Å²) in [5.74, 6) is -0.0928. The molecule has 0 aromatic heterocycles. The molecular weight excluding hydrogens is 248 g/mol. The molecule has 1 aliphatic rings. The minimum atomic E-state index is -0.145. The fourth-order valence-corrected chi connectivity index (χ4v) is 2.53. The quantitative estimate of drug-likeness (QED) is 0.820. The molecule has 20 heavy (non-hydrogen) atoms. The van der Waals surface area contributed by atoms with Gasteiger partial charge in [-0.05, 0) is 11.1 Å². The van der Waals surface area contributed by atoms with Gasteiger partial charge in [0.1, 0.15) is 0 Å². The van der Waals surface area contributed by atoms with Crippen molar-refractivity contribution in [1.82, 2.24) is 5.01 Å². The highest BCUT2D eigenvalue weighted by molar-refractivity contribution is 6.06. The molecule has 0 spiro atoms. The fraction of sp³-hybridized carbons (Fsp3) is 0.176. The second-order valence-corrected chi connectivity index (χ2v) is 4.94. The van der Waals surface area contributed by atoms with E-state index in [1.54, 1.807) is 7.05 Å². The number of nitrogens with zero attached hydrogens (tertiary/aromatic N) is 2. The van der Waals surface area contributed by atoms with Crippen LogP contribution in [0, 0.1) is 0 Å². The summed E-state index contributed by atoms with van der Waals surface area (Å²) in [5.41, 5.74) is 3.09. The topological polar surface area (TPSA) is 32.7 Å². The molecule has 2 aromatic carbocycles. The third-order valence-corrected chi connectivity index (χ3v) is 3.59. The largest absolute Gasteiger partial charge is 0.272 e. The summed E-state index contributed by atoms with van der Waals surface area (Å²) in [4.78, 5) is 12.3. The monoisotopic (exact) mass is 264 g/mol. The van der Waals surface area contributed by atoms with Crippen LogP contribution in [-0.2, 0) is 4.79 Å². The maximum absolute atomic E-state index is 12.3. The van der Waals surface area contributed by atoms with Gasteiger partial charge in [0.25, 0.3) is 0 Å². The van der Waals surface area contributed by atoms with Gasteiger partial charge in [-0.15, -0.1) is 0 Å². The average molecular weight is 264 g/mol. The Morgan fingerprint density at radius 3 is 2.25 bits per heavy atom. The molecular formula is C17H16N2O. The second-order valence-electron chi connectivity index (χ2n) is 4.94. The summed E-state index contributed by atoms with van der Waals surface area (Å²) < 4.78 is 0. The molecule has 0 aliphatic carbocycles. The maximum atomic E-state index is 12.3. The van der Waals surface area contributed by atoms with Gasteiger partial charge in [0, 0.05) is 13.5 Å². The molecule has 2 aromatic rings. The molecule has 0 saturated heterocycles. The van der Waals surface area contributed by atoms with Crippen LogP contribution in [0.15, 0.2) is 65.8 Å². The number of carbonyl (C=O) groups excluding carboxylic acids is 1. The van der Waals surface area contributed by atoms with Gasteiger partial charge in [-0.1, -0.05) is 60.7 Å². The van der Waals surface area contributed by atoms with Crippen molar-refractivity contribution in [2.45, 2.75) is 12.3 Å². The van der Waals surface area contributed by atoms with E-state index in [0.717, 1.165) is 16.8 Å². The summed E-state index contributed by atoms with van der Waals surface area (Å²) in [7, 11) is 1.72. The number of likely N-dealkylation sites (N-methyl/N-ethyl adjacent to an activating group) is 1. The van der Waals surface area contributed by atoms with Crippen LogP contribution < -0.4 is 0 Å². The van der Waals surface area contributed by atoms with Gasteiger partial charge in [0.05, 0.1) is 11.6 Å². The van der Waals surface area contributed by atoms with Gasteiger partial charge < -0.3 is 0 Å². The molecule has 3 heteroatoms. The molecule has 0 bridgehead atoms. The van der Waals surface area contributed by atoms with E-state index in [-0.39, 0.29) is 11.8 Å². The number of rotatable bonds is 2. The molecule has 0 fully saturated rings. The Kier molecular flexibility index (Phi) is 3.33. The fourth-order valence-electron chi connectivity index (χ4n) is 2.53. The van der Waals surface area contributed by atoms with Crippen LogP contribution >= 0.6 is 0 Å². The van der Waals surface area contributed by atoms with Crippen molar-refractivity contribution >= 4 is 11.6 Å². The van der Waals surface area contributed by atoms with Crippen LogP contribution in [-0.4, -0.2) is 23.7 Å². The minimum absolute atomic E-state index is 0.0517. The van der Waals surface area contributed by atoms with Crippen molar-refractivity contribution in [3.05, 3.63) is 71.8 Å². The Hall–Kier alpha value is -2.42. The lowest BCUT2D eigenvalue weighted by molar-refractivity contribution is -0.132. The number of amides is 1. The maximum Gasteiger partial charge on any atom is 0.250 e. The Morgan fingerprint density at radius 2 is 1.60 bits per heavy atom. The number of benzene rings is 2. The first-order chi connectivity index (χ1) is 9.75. The molecule has 1 amide bonds.